The van der Waals surface area contributed by atoms with E-state index in [0.717, 1.165) is 9.80 Å². The second-order valence-corrected chi connectivity index (χ2v) is 26.2. The summed E-state index contributed by atoms with van der Waals surface area (Å²) in [5, 5.41) is 23.1. The zero-order chi connectivity index (χ0) is 66.7. The van der Waals surface area contributed by atoms with Crippen LogP contribution in [0.25, 0.3) is 0 Å². The highest BCUT2D eigenvalue weighted by molar-refractivity contribution is 5.99. The molecular formula is C63H111N11O12. The van der Waals surface area contributed by atoms with Gasteiger partial charge < -0.3 is 60.7 Å². The molecule has 0 bridgehead atoms. The van der Waals surface area contributed by atoms with E-state index in [9.17, 15) is 48.3 Å². The molecule has 0 aliphatic carbocycles. The number of amides is 11. The lowest BCUT2D eigenvalue weighted by Gasteiger charge is -2.41. The van der Waals surface area contributed by atoms with Crippen LogP contribution >= 0.6 is 0 Å². The van der Waals surface area contributed by atoms with Gasteiger partial charge in [-0.1, -0.05) is 96.9 Å². The highest BCUT2D eigenvalue weighted by Gasteiger charge is 2.45. The third kappa shape index (κ3) is 21.8. The molecule has 23 heteroatoms. The molecule has 12 atom stereocenters. The van der Waals surface area contributed by atoms with E-state index in [1.54, 1.807) is 60.6 Å². The number of nitrogens with one attached hydrogen (secondary N) is 4. The molecule has 0 unspecified atom stereocenters. The monoisotopic (exact) mass is 1210 g/mol. The second-order valence-electron chi connectivity index (χ2n) is 26.2. The summed E-state index contributed by atoms with van der Waals surface area (Å²) >= 11 is 0. The lowest BCUT2D eigenvalue weighted by Crippen LogP contribution is -2.63. The summed E-state index contributed by atoms with van der Waals surface area (Å²) in [5.74, 6) is -9.84. The highest BCUT2D eigenvalue weighted by atomic mass is 16.3. The van der Waals surface area contributed by atoms with Crippen molar-refractivity contribution in [3.63, 3.8) is 0 Å². The zero-order valence-corrected chi connectivity index (χ0v) is 56.6. The molecule has 0 spiro atoms. The number of aliphatic hydroxyl groups is 1. The van der Waals surface area contributed by atoms with E-state index in [1.807, 2.05) is 55.4 Å². The van der Waals surface area contributed by atoms with Crippen molar-refractivity contribution in [2.24, 2.45) is 41.4 Å². The van der Waals surface area contributed by atoms with Gasteiger partial charge in [0.2, 0.25) is 65.0 Å². The van der Waals surface area contributed by atoms with Crippen molar-refractivity contribution in [2.45, 2.75) is 223 Å². The molecule has 1 aliphatic rings. The van der Waals surface area contributed by atoms with Crippen LogP contribution in [0.5, 0.6) is 0 Å². The Kier molecular flexibility index (Phi) is 32.0. The van der Waals surface area contributed by atoms with Crippen molar-refractivity contribution in [1.82, 2.24) is 55.6 Å². The molecule has 0 aromatic heterocycles. The molecule has 1 fully saturated rings. The molecule has 0 aromatic carbocycles. The first-order valence-electron chi connectivity index (χ1n) is 30.8. The Bertz CT molecular complexity index is 2410. The van der Waals surface area contributed by atoms with E-state index in [4.69, 9.17) is 0 Å². The predicted molar refractivity (Wildman–Crippen MR) is 332 cm³/mol. The first-order chi connectivity index (χ1) is 39.7. The SMILES string of the molecule is CC=C=CC[C@@H](C)[C@@H](O)[C@H]1C(=O)N[C@@H](CC)C(=O)N(C)CC(=O)N(C)[C@@H](CC(C)C)C(=O)N[C@@H](C(C)C)C(=O)N(C)[C@@H](CC(C)C)C(=O)N[C@@H](C)C(=O)N[C@H](C)C(=O)N(C)[C@@H](CC(C)C)C(=O)N(C)[C@@H](CC(C)C)C(=O)N(C)[C@@H](C(C)C)C(=O)N1C. The molecule has 0 aromatic rings. The van der Waals surface area contributed by atoms with Gasteiger partial charge in [-0.15, -0.1) is 5.73 Å². The number of carbonyl (C=O) groups is 11. The lowest BCUT2D eigenvalue weighted by atomic mass is 9.91. The Balaban J connectivity index is 4.34. The van der Waals surface area contributed by atoms with Gasteiger partial charge >= 0.3 is 0 Å². The highest BCUT2D eigenvalue weighted by Crippen LogP contribution is 2.26. The first kappa shape index (κ1) is 77.7. The zero-order valence-electron chi connectivity index (χ0n) is 56.6. The van der Waals surface area contributed by atoms with E-state index in [2.05, 4.69) is 27.0 Å². The first-order valence-corrected chi connectivity index (χ1v) is 30.8. The molecule has 5 N–H and O–H groups in total. The average Bonchev–Trinajstić information content (AvgIpc) is 3.63. The van der Waals surface area contributed by atoms with Gasteiger partial charge in [0.25, 0.3) is 0 Å². The molecule has 490 valence electrons. The molecule has 0 saturated carbocycles. The summed E-state index contributed by atoms with van der Waals surface area (Å²) in [6.07, 6.45) is 2.68. The number of nitrogens with zero attached hydrogens (tertiary/aromatic N) is 7. The molecule has 11 amide bonds. The maximum Gasteiger partial charge on any atom is 0.246 e. The number of hydrogen-bond acceptors (Lipinski definition) is 12. The van der Waals surface area contributed by atoms with Crippen LogP contribution in [0.2, 0.25) is 0 Å². The normalized spacial score (nSPS) is 26.5. The topological polar surface area (TPSA) is 279 Å². The average molecular weight is 1210 g/mol. The fourth-order valence-electron chi connectivity index (χ4n) is 10.7. The number of aliphatic hydroxyl groups excluding tert-OH is 1. The predicted octanol–water partition coefficient (Wildman–Crippen LogP) is 3.42. The van der Waals surface area contributed by atoms with Crippen LogP contribution < -0.4 is 21.3 Å². The van der Waals surface area contributed by atoms with Gasteiger partial charge in [0.05, 0.1) is 12.6 Å². The number of hydrogen-bond donors (Lipinski definition) is 5. The van der Waals surface area contributed by atoms with Crippen LogP contribution in [0.1, 0.15) is 156 Å². The standard InChI is InChI=1S/C63H111N11O12/c1-25-27-28-29-41(15)53(76)52-57(80)66-44(26-2)59(82)68(18)34-49(75)69(19)45(30-35(3)4)56(79)67-50(39(11)12)62(85)70(20)46(31-36(5)6)55(78)64-42(16)54(77)65-43(17)58(81)71(21)47(32-37(7)8)60(83)72(22)48(33-38(9)10)61(84)73(23)51(40(13)14)63(86)74(52)24/h25,28,35-48,50-53,76H,26,29-34H2,1-24H3,(H,64,78)(H,65,77)(H,66,80)(H,67,79)/t27?,41-,42+,43-,44+,45+,46+,47+,48+,50+,51+,52+,53-/m1/s1. The summed E-state index contributed by atoms with van der Waals surface area (Å²) < 4.78 is 0. The van der Waals surface area contributed by atoms with Crippen molar-refractivity contribution in [3.8, 4) is 0 Å². The van der Waals surface area contributed by atoms with E-state index in [1.165, 1.54) is 87.7 Å². The molecule has 0 radical (unpaired) electrons. The molecular weight excluding hydrogens is 1100 g/mol. The Morgan fingerprint density at radius 2 is 0.895 bits per heavy atom. The molecule has 23 nitrogen and oxygen atoms in total. The van der Waals surface area contributed by atoms with Gasteiger partial charge in [0.15, 0.2) is 0 Å². The lowest BCUT2D eigenvalue weighted by molar-refractivity contribution is -0.157. The summed E-state index contributed by atoms with van der Waals surface area (Å²) in [4.78, 5) is 169. The molecule has 1 aliphatic heterocycles. The number of likely N-dealkylation sites (N-methyl/N-ethyl adjacent to an activating group) is 7. The van der Waals surface area contributed by atoms with Crippen LogP contribution in [0.15, 0.2) is 17.9 Å². The minimum atomic E-state index is -1.63. The third-order valence-electron chi connectivity index (χ3n) is 16.1. The van der Waals surface area contributed by atoms with Gasteiger partial charge in [0, 0.05) is 49.3 Å². The molecule has 1 rings (SSSR count). The van der Waals surface area contributed by atoms with Crippen LogP contribution in [0.3, 0.4) is 0 Å². The van der Waals surface area contributed by atoms with Gasteiger partial charge in [0.1, 0.15) is 60.4 Å². The molecule has 1 saturated heterocycles. The van der Waals surface area contributed by atoms with Gasteiger partial charge in [-0.3, -0.25) is 52.7 Å². The van der Waals surface area contributed by atoms with Crippen LogP contribution in [0.4, 0.5) is 0 Å². The third-order valence-corrected chi connectivity index (χ3v) is 16.1. The minimum Gasteiger partial charge on any atom is -0.390 e. The molecule has 1 heterocycles. The summed E-state index contributed by atoms with van der Waals surface area (Å²) in [7, 11) is 9.89. The summed E-state index contributed by atoms with van der Waals surface area (Å²) in [6, 6.07) is -12.4. The van der Waals surface area contributed by atoms with Gasteiger partial charge in [-0.25, -0.2) is 0 Å². The fraction of sp³-hybridized carbons (Fsp3) is 0.778. The minimum absolute atomic E-state index is 0.0144. The Morgan fingerprint density at radius 3 is 1.35 bits per heavy atom. The Hall–Kier alpha value is -6.35. The van der Waals surface area contributed by atoms with E-state index < -0.39 is 156 Å². The fourth-order valence-corrected chi connectivity index (χ4v) is 10.7. The largest absolute Gasteiger partial charge is 0.390 e. The number of allylic oxidation sites excluding steroid dienone is 1. The smallest absolute Gasteiger partial charge is 0.246 e. The maximum atomic E-state index is 15.2. The summed E-state index contributed by atoms with van der Waals surface area (Å²) in [5.41, 5.74) is 2.97. The van der Waals surface area contributed by atoms with Crippen LogP contribution in [-0.2, 0) is 52.7 Å². The van der Waals surface area contributed by atoms with Gasteiger partial charge in [-0.2, -0.15) is 0 Å². The number of carbonyl (C=O) groups excluding carboxylic acids is 11. The van der Waals surface area contributed by atoms with Crippen molar-refractivity contribution in [1.29, 1.82) is 0 Å². The number of rotatable bonds is 15. The van der Waals surface area contributed by atoms with Crippen LogP contribution in [-0.4, -0.2) is 227 Å². The van der Waals surface area contributed by atoms with Crippen LogP contribution in [0, 0.1) is 41.4 Å². The van der Waals surface area contributed by atoms with Gasteiger partial charge in [-0.05, 0) is 113 Å². The summed E-state index contributed by atoms with van der Waals surface area (Å²) in [6.45, 7) is 29.2. The maximum absolute atomic E-state index is 15.2. The van der Waals surface area contributed by atoms with Crippen molar-refractivity contribution < 1.29 is 57.8 Å². The quantitative estimate of drug-likeness (QED) is 0.148. The van der Waals surface area contributed by atoms with Crippen molar-refractivity contribution >= 4 is 65.0 Å². The van der Waals surface area contributed by atoms with E-state index >= 15 is 9.59 Å². The van der Waals surface area contributed by atoms with Crippen molar-refractivity contribution in [3.05, 3.63) is 17.9 Å². The Morgan fingerprint density at radius 1 is 0.477 bits per heavy atom. The van der Waals surface area contributed by atoms with E-state index in [-0.39, 0.29) is 62.2 Å². The molecule has 86 heavy (non-hydrogen) atoms. The second kappa shape index (κ2) is 35.5. The Labute approximate surface area is 514 Å². The van der Waals surface area contributed by atoms with Crippen molar-refractivity contribution in [2.75, 3.05) is 55.9 Å². The van der Waals surface area contributed by atoms with E-state index in [0.29, 0.717) is 0 Å².